The van der Waals surface area contributed by atoms with Gasteiger partial charge in [0.1, 0.15) is 5.69 Å². The van der Waals surface area contributed by atoms with Crippen molar-refractivity contribution in [3.63, 3.8) is 0 Å². The van der Waals surface area contributed by atoms with E-state index in [1.165, 1.54) is 3.57 Å². The van der Waals surface area contributed by atoms with Crippen LogP contribution in [-0.2, 0) is 13.6 Å². The highest BCUT2D eigenvalue weighted by molar-refractivity contribution is 14.1. The molecule has 0 aliphatic rings. The van der Waals surface area contributed by atoms with Gasteiger partial charge >= 0.3 is 0 Å². The summed E-state index contributed by atoms with van der Waals surface area (Å²) in [4.78, 5) is 0. The maximum atomic E-state index is 4.38. The summed E-state index contributed by atoms with van der Waals surface area (Å²) >= 11 is 2.30. The molecule has 5 nitrogen and oxygen atoms in total. The molecular formula is C11H10IN5. The number of benzene rings is 1. The fourth-order valence-corrected chi connectivity index (χ4v) is 2.27. The van der Waals surface area contributed by atoms with Crippen LogP contribution in [0.15, 0.2) is 30.6 Å². The normalized spacial score (nSPS) is 11.2. The van der Waals surface area contributed by atoms with Crippen LogP contribution in [0.5, 0.6) is 0 Å². The molecule has 0 radical (unpaired) electrons. The van der Waals surface area contributed by atoms with E-state index in [2.05, 4.69) is 56.2 Å². The molecular weight excluding hydrogens is 329 g/mol. The SMILES string of the molecule is Cn1cc(Cn2ncc3ccc(I)cc32)nn1. The Hall–Kier alpha value is -1.44. The Kier molecular flexibility index (Phi) is 2.58. The Morgan fingerprint density at radius 1 is 1.35 bits per heavy atom. The molecule has 0 spiro atoms. The lowest BCUT2D eigenvalue weighted by Gasteiger charge is -2.00. The van der Waals surface area contributed by atoms with Crippen LogP contribution in [0.25, 0.3) is 10.9 Å². The standard InChI is InChI=1S/C11H10IN5/c1-16-6-10(14-15-16)7-17-11-4-9(12)3-2-8(11)5-13-17/h2-6H,7H2,1H3. The minimum Gasteiger partial charge on any atom is -0.259 e. The summed E-state index contributed by atoms with van der Waals surface area (Å²) in [7, 11) is 1.86. The molecule has 0 unspecified atom stereocenters. The number of halogens is 1. The van der Waals surface area contributed by atoms with Crippen LogP contribution in [0, 0.1) is 3.57 Å². The van der Waals surface area contributed by atoms with Crippen molar-refractivity contribution in [2.24, 2.45) is 7.05 Å². The highest BCUT2D eigenvalue weighted by Gasteiger charge is 2.05. The summed E-state index contributed by atoms with van der Waals surface area (Å²) in [6, 6.07) is 6.29. The second-order valence-corrected chi connectivity index (χ2v) is 5.13. The van der Waals surface area contributed by atoms with E-state index in [4.69, 9.17) is 0 Å². The first-order valence-electron chi connectivity index (χ1n) is 5.18. The number of nitrogens with zero attached hydrogens (tertiary/aromatic N) is 5. The molecule has 0 fully saturated rings. The number of hydrogen-bond acceptors (Lipinski definition) is 3. The zero-order valence-corrected chi connectivity index (χ0v) is 11.4. The van der Waals surface area contributed by atoms with Gasteiger partial charge in [0.15, 0.2) is 0 Å². The molecule has 2 aromatic heterocycles. The summed E-state index contributed by atoms with van der Waals surface area (Å²) < 4.78 is 4.85. The molecule has 0 aliphatic carbocycles. The van der Waals surface area contributed by atoms with Crippen molar-refractivity contribution >= 4 is 33.5 Å². The number of aromatic nitrogens is 5. The van der Waals surface area contributed by atoms with Crippen LogP contribution >= 0.6 is 22.6 Å². The molecule has 2 heterocycles. The summed E-state index contributed by atoms with van der Waals surface area (Å²) in [5.41, 5.74) is 2.04. The van der Waals surface area contributed by atoms with Gasteiger partial charge in [-0.15, -0.1) is 5.10 Å². The monoisotopic (exact) mass is 339 g/mol. The molecule has 0 amide bonds. The number of fused-ring (bicyclic) bond motifs is 1. The second kappa shape index (κ2) is 4.10. The summed E-state index contributed by atoms with van der Waals surface area (Å²) in [6.07, 6.45) is 3.78. The first kappa shape index (κ1) is 10.7. The number of rotatable bonds is 2. The lowest BCUT2D eigenvalue weighted by atomic mass is 10.2. The van der Waals surface area contributed by atoms with E-state index < -0.39 is 0 Å². The van der Waals surface area contributed by atoms with E-state index in [0.29, 0.717) is 6.54 Å². The zero-order valence-electron chi connectivity index (χ0n) is 9.21. The average molecular weight is 339 g/mol. The van der Waals surface area contributed by atoms with Crippen molar-refractivity contribution in [3.8, 4) is 0 Å². The van der Waals surface area contributed by atoms with Gasteiger partial charge < -0.3 is 0 Å². The maximum absolute atomic E-state index is 4.38. The first-order chi connectivity index (χ1) is 8.22. The van der Waals surface area contributed by atoms with Crippen molar-refractivity contribution in [2.75, 3.05) is 0 Å². The smallest absolute Gasteiger partial charge is 0.104 e. The Morgan fingerprint density at radius 3 is 3.00 bits per heavy atom. The lowest BCUT2D eigenvalue weighted by Crippen LogP contribution is -2.01. The molecule has 6 heteroatoms. The minimum atomic E-state index is 0.650. The van der Waals surface area contributed by atoms with Gasteiger partial charge in [-0.2, -0.15) is 5.10 Å². The molecule has 17 heavy (non-hydrogen) atoms. The Morgan fingerprint density at radius 2 is 2.24 bits per heavy atom. The summed E-state index contributed by atoms with van der Waals surface area (Å²) in [6.45, 7) is 0.650. The fourth-order valence-electron chi connectivity index (χ4n) is 1.79. The lowest BCUT2D eigenvalue weighted by molar-refractivity contribution is 0.686. The van der Waals surface area contributed by atoms with Crippen LogP contribution in [0.4, 0.5) is 0 Å². The third-order valence-electron chi connectivity index (χ3n) is 2.57. The molecule has 1 aromatic carbocycles. The Labute approximate surface area is 112 Å². The molecule has 0 saturated heterocycles. The largest absolute Gasteiger partial charge is 0.259 e. The van der Waals surface area contributed by atoms with Gasteiger partial charge in [0, 0.05) is 22.2 Å². The van der Waals surface area contributed by atoms with E-state index in [0.717, 1.165) is 16.6 Å². The van der Waals surface area contributed by atoms with Gasteiger partial charge in [-0.05, 0) is 34.7 Å². The minimum absolute atomic E-state index is 0.650. The highest BCUT2D eigenvalue weighted by Crippen LogP contribution is 2.17. The van der Waals surface area contributed by atoms with Crippen LogP contribution in [-0.4, -0.2) is 24.8 Å². The third-order valence-corrected chi connectivity index (χ3v) is 3.24. The molecule has 3 aromatic rings. The van der Waals surface area contributed by atoms with Crippen molar-refractivity contribution < 1.29 is 0 Å². The van der Waals surface area contributed by atoms with Crippen LogP contribution in [0.3, 0.4) is 0 Å². The molecule has 0 atom stereocenters. The topological polar surface area (TPSA) is 48.5 Å². The van der Waals surface area contributed by atoms with Crippen LogP contribution in [0.1, 0.15) is 5.69 Å². The first-order valence-corrected chi connectivity index (χ1v) is 6.26. The third kappa shape index (κ3) is 2.04. The van der Waals surface area contributed by atoms with Gasteiger partial charge in [0.2, 0.25) is 0 Å². The van der Waals surface area contributed by atoms with E-state index in [-0.39, 0.29) is 0 Å². The molecule has 86 valence electrons. The number of aryl methyl sites for hydroxylation is 1. The van der Waals surface area contributed by atoms with Crippen molar-refractivity contribution in [1.82, 2.24) is 24.8 Å². The molecule has 0 aliphatic heterocycles. The fraction of sp³-hybridized carbons (Fsp3) is 0.182. The molecule has 0 bridgehead atoms. The van der Waals surface area contributed by atoms with Crippen molar-refractivity contribution in [1.29, 1.82) is 0 Å². The average Bonchev–Trinajstić information content (AvgIpc) is 2.87. The predicted molar refractivity (Wildman–Crippen MR) is 72.6 cm³/mol. The van der Waals surface area contributed by atoms with Crippen LogP contribution in [0.2, 0.25) is 0 Å². The van der Waals surface area contributed by atoms with E-state index in [1.807, 2.05) is 24.1 Å². The highest BCUT2D eigenvalue weighted by atomic mass is 127. The van der Waals surface area contributed by atoms with Gasteiger partial charge in [-0.3, -0.25) is 9.36 Å². The predicted octanol–water partition coefficient (Wildman–Crippen LogP) is 1.82. The van der Waals surface area contributed by atoms with E-state index in [1.54, 1.807) is 4.68 Å². The van der Waals surface area contributed by atoms with Crippen LogP contribution < -0.4 is 0 Å². The quantitative estimate of drug-likeness (QED) is 0.669. The van der Waals surface area contributed by atoms with Gasteiger partial charge in [-0.1, -0.05) is 11.3 Å². The van der Waals surface area contributed by atoms with Gasteiger partial charge in [-0.25, -0.2) is 0 Å². The zero-order chi connectivity index (χ0) is 11.8. The maximum Gasteiger partial charge on any atom is 0.104 e. The van der Waals surface area contributed by atoms with E-state index in [9.17, 15) is 0 Å². The van der Waals surface area contributed by atoms with Gasteiger partial charge in [0.25, 0.3) is 0 Å². The molecule has 3 rings (SSSR count). The molecule has 0 N–H and O–H groups in total. The summed E-state index contributed by atoms with van der Waals surface area (Å²) in [5, 5.41) is 13.5. The molecule has 0 saturated carbocycles. The Bertz CT molecular complexity index is 669. The van der Waals surface area contributed by atoms with Gasteiger partial charge in [0.05, 0.1) is 18.3 Å². The van der Waals surface area contributed by atoms with Crippen molar-refractivity contribution in [3.05, 3.63) is 39.9 Å². The Balaban J connectivity index is 2.03. The summed E-state index contributed by atoms with van der Waals surface area (Å²) in [5.74, 6) is 0. The second-order valence-electron chi connectivity index (χ2n) is 3.89. The number of hydrogen-bond donors (Lipinski definition) is 0. The van der Waals surface area contributed by atoms with E-state index >= 15 is 0 Å². The van der Waals surface area contributed by atoms with Crippen molar-refractivity contribution in [2.45, 2.75) is 6.54 Å².